The summed E-state index contributed by atoms with van der Waals surface area (Å²) < 4.78 is 0. The number of amides is 2. The Hall–Kier alpha value is -3.80. The van der Waals surface area contributed by atoms with Crippen molar-refractivity contribution < 1.29 is 19.8 Å². The van der Waals surface area contributed by atoms with E-state index >= 15 is 0 Å². The highest BCUT2D eigenvalue weighted by Gasteiger charge is 2.14. The molecule has 0 saturated heterocycles. The molecule has 0 aromatic heterocycles. The minimum atomic E-state index is -0.393. The van der Waals surface area contributed by atoms with Gasteiger partial charge in [0, 0.05) is 11.4 Å². The number of phenolic OH excluding ortho intramolecular Hbond substituents is 2. The third kappa shape index (κ3) is 8.65. The highest BCUT2D eigenvalue weighted by Crippen LogP contribution is 2.24. The molecule has 6 nitrogen and oxygen atoms in total. The van der Waals surface area contributed by atoms with Gasteiger partial charge in [-0.2, -0.15) is 0 Å². The lowest BCUT2D eigenvalue weighted by atomic mass is 10.0. The van der Waals surface area contributed by atoms with E-state index in [9.17, 15) is 19.8 Å². The number of unbranched alkanes of at least 4 members (excludes halogenated alkanes) is 6. The Bertz CT molecular complexity index is 1110. The summed E-state index contributed by atoms with van der Waals surface area (Å²) in [6, 6.07) is 17.1. The number of aromatic hydroxyl groups is 2. The fraction of sp³-hybridized carbons (Fsp3) is 0.375. The summed E-state index contributed by atoms with van der Waals surface area (Å²) in [5, 5.41) is 26.1. The minimum Gasteiger partial charge on any atom is -0.507 e. The summed E-state index contributed by atoms with van der Waals surface area (Å²) in [7, 11) is 0. The van der Waals surface area contributed by atoms with E-state index in [-0.39, 0.29) is 22.6 Å². The number of rotatable bonds is 14. The van der Waals surface area contributed by atoms with Gasteiger partial charge < -0.3 is 20.8 Å². The molecule has 6 heteroatoms. The normalized spacial score (nSPS) is 10.8. The Labute approximate surface area is 226 Å². The molecule has 4 N–H and O–H groups in total. The number of hydrogen-bond donors (Lipinski definition) is 4. The molecule has 0 aliphatic carbocycles. The first-order valence-electron chi connectivity index (χ1n) is 13.8. The van der Waals surface area contributed by atoms with Gasteiger partial charge in [0.15, 0.2) is 0 Å². The number of aryl methyl sites for hydroxylation is 2. The van der Waals surface area contributed by atoms with Crippen LogP contribution in [0.5, 0.6) is 11.5 Å². The van der Waals surface area contributed by atoms with Gasteiger partial charge in [-0.05, 0) is 85.3 Å². The average molecular weight is 517 g/mol. The lowest BCUT2D eigenvalue weighted by molar-refractivity contribution is 0.101. The Morgan fingerprint density at radius 3 is 1.34 bits per heavy atom. The monoisotopic (exact) mass is 516 g/mol. The molecular formula is C32H40N2O4. The highest BCUT2D eigenvalue weighted by atomic mass is 16.3. The number of nitrogens with one attached hydrogen (secondary N) is 2. The van der Waals surface area contributed by atoms with E-state index in [1.54, 1.807) is 48.5 Å². The first-order chi connectivity index (χ1) is 18.4. The lowest BCUT2D eigenvalue weighted by Gasteiger charge is -2.11. The van der Waals surface area contributed by atoms with Gasteiger partial charge in [-0.3, -0.25) is 9.59 Å². The molecule has 38 heavy (non-hydrogen) atoms. The van der Waals surface area contributed by atoms with Gasteiger partial charge in [0.1, 0.15) is 11.5 Å². The largest absolute Gasteiger partial charge is 0.507 e. The third-order valence-corrected chi connectivity index (χ3v) is 6.65. The van der Waals surface area contributed by atoms with Crippen LogP contribution < -0.4 is 10.6 Å². The van der Waals surface area contributed by atoms with Crippen molar-refractivity contribution in [3.8, 4) is 11.5 Å². The lowest BCUT2D eigenvalue weighted by Crippen LogP contribution is -2.14. The van der Waals surface area contributed by atoms with Crippen LogP contribution in [0, 0.1) is 0 Å². The van der Waals surface area contributed by atoms with Crippen LogP contribution in [0.15, 0.2) is 60.7 Å². The van der Waals surface area contributed by atoms with E-state index in [1.807, 2.05) is 12.1 Å². The van der Waals surface area contributed by atoms with E-state index < -0.39 is 11.8 Å². The maximum Gasteiger partial charge on any atom is 0.259 e. The van der Waals surface area contributed by atoms with Gasteiger partial charge in [-0.25, -0.2) is 0 Å². The second kappa shape index (κ2) is 14.8. The van der Waals surface area contributed by atoms with Crippen LogP contribution >= 0.6 is 0 Å². The fourth-order valence-electron chi connectivity index (χ4n) is 4.39. The Kier molecular flexibility index (Phi) is 11.2. The van der Waals surface area contributed by atoms with Gasteiger partial charge >= 0.3 is 0 Å². The summed E-state index contributed by atoms with van der Waals surface area (Å²) in [5.41, 5.74) is 3.60. The zero-order chi connectivity index (χ0) is 27.3. The molecule has 3 rings (SSSR count). The second-order valence-electron chi connectivity index (χ2n) is 9.81. The van der Waals surface area contributed by atoms with Gasteiger partial charge in [0.2, 0.25) is 0 Å². The van der Waals surface area contributed by atoms with Crippen LogP contribution in [0.2, 0.25) is 0 Å². The summed E-state index contributed by atoms with van der Waals surface area (Å²) >= 11 is 0. The first kappa shape index (κ1) is 28.8. The van der Waals surface area contributed by atoms with Crippen LogP contribution in [-0.2, 0) is 12.8 Å². The van der Waals surface area contributed by atoms with Crippen molar-refractivity contribution in [1.29, 1.82) is 0 Å². The summed E-state index contributed by atoms with van der Waals surface area (Å²) in [6.45, 7) is 4.34. The molecule has 0 atom stereocenters. The van der Waals surface area contributed by atoms with Crippen molar-refractivity contribution in [2.75, 3.05) is 10.6 Å². The Balaban J connectivity index is 1.59. The van der Waals surface area contributed by atoms with Gasteiger partial charge in [0.05, 0.1) is 11.1 Å². The molecule has 0 radical (unpaired) electrons. The molecule has 3 aromatic rings. The Morgan fingerprint density at radius 1 is 0.579 bits per heavy atom. The quantitative estimate of drug-likeness (QED) is 0.164. The molecule has 0 unspecified atom stereocenters. The molecule has 3 aromatic carbocycles. The van der Waals surface area contributed by atoms with E-state index in [0.29, 0.717) is 11.4 Å². The van der Waals surface area contributed by atoms with Crippen LogP contribution in [0.25, 0.3) is 0 Å². The molecule has 0 saturated carbocycles. The zero-order valence-electron chi connectivity index (χ0n) is 22.6. The maximum absolute atomic E-state index is 12.8. The summed E-state index contributed by atoms with van der Waals surface area (Å²) in [4.78, 5) is 25.6. The fourth-order valence-corrected chi connectivity index (χ4v) is 4.39. The molecule has 0 aliphatic heterocycles. The number of phenols is 2. The number of anilines is 2. The van der Waals surface area contributed by atoms with Crippen molar-refractivity contribution in [3.63, 3.8) is 0 Å². The predicted molar refractivity (Wildman–Crippen MR) is 154 cm³/mol. The van der Waals surface area contributed by atoms with E-state index in [4.69, 9.17) is 0 Å². The van der Waals surface area contributed by atoms with Gasteiger partial charge in [-0.15, -0.1) is 0 Å². The van der Waals surface area contributed by atoms with Crippen molar-refractivity contribution >= 4 is 23.2 Å². The van der Waals surface area contributed by atoms with Crippen LogP contribution in [0.3, 0.4) is 0 Å². The molecule has 0 spiro atoms. The summed E-state index contributed by atoms with van der Waals surface area (Å²) in [5.74, 6) is -0.905. The molecule has 0 fully saturated rings. The van der Waals surface area contributed by atoms with Crippen LogP contribution in [0.1, 0.15) is 97.1 Å². The van der Waals surface area contributed by atoms with Crippen LogP contribution in [0.4, 0.5) is 11.4 Å². The maximum atomic E-state index is 12.8. The second-order valence-corrected chi connectivity index (χ2v) is 9.81. The van der Waals surface area contributed by atoms with Crippen molar-refractivity contribution in [1.82, 2.24) is 0 Å². The first-order valence-corrected chi connectivity index (χ1v) is 13.8. The van der Waals surface area contributed by atoms with Gasteiger partial charge in [0.25, 0.3) is 11.8 Å². The van der Waals surface area contributed by atoms with E-state index in [2.05, 4.69) is 24.5 Å². The Morgan fingerprint density at radius 2 is 0.974 bits per heavy atom. The predicted octanol–water partition coefficient (Wildman–Crippen LogP) is 7.85. The van der Waals surface area contributed by atoms with E-state index in [1.165, 1.54) is 25.7 Å². The van der Waals surface area contributed by atoms with Crippen molar-refractivity contribution in [2.45, 2.75) is 78.1 Å². The smallest absolute Gasteiger partial charge is 0.259 e. The molecule has 2 amide bonds. The molecule has 202 valence electrons. The van der Waals surface area contributed by atoms with Crippen molar-refractivity contribution in [3.05, 3.63) is 82.9 Å². The van der Waals surface area contributed by atoms with Crippen LogP contribution in [-0.4, -0.2) is 22.0 Å². The zero-order valence-corrected chi connectivity index (χ0v) is 22.6. The number of benzene rings is 3. The number of hydrogen-bond acceptors (Lipinski definition) is 4. The molecule has 0 aliphatic rings. The highest BCUT2D eigenvalue weighted by molar-refractivity contribution is 6.07. The number of carbonyl (C=O) groups excluding carboxylic acids is 2. The molecule has 0 heterocycles. The van der Waals surface area contributed by atoms with Crippen molar-refractivity contribution in [2.24, 2.45) is 0 Å². The summed E-state index contributed by atoms with van der Waals surface area (Å²) in [6.07, 6.45) is 10.8. The SMILES string of the molecule is CCCCCCc1ccc(O)c(C(=O)Nc2ccc(NC(=O)c3cc(CCCCCC)ccc3O)cc2)c1. The number of carbonyl (C=O) groups is 2. The van der Waals surface area contributed by atoms with Gasteiger partial charge in [-0.1, -0.05) is 64.5 Å². The standard InChI is InChI=1S/C32H40N2O4/c1-3-5-7-9-11-23-13-19-29(35)27(21-23)31(37)33-25-15-17-26(18-16-25)34-32(38)28-22-24(14-20-30(28)36)12-10-8-6-4-2/h13-22,35-36H,3-12H2,1-2H3,(H,33,37)(H,34,38). The topological polar surface area (TPSA) is 98.7 Å². The van der Waals surface area contributed by atoms with E-state index in [0.717, 1.165) is 49.7 Å². The molecular weight excluding hydrogens is 476 g/mol. The average Bonchev–Trinajstić information content (AvgIpc) is 2.91. The third-order valence-electron chi connectivity index (χ3n) is 6.65. The molecule has 0 bridgehead atoms. The minimum absolute atomic E-state index is 0.0592.